The van der Waals surface area contributed by atoms with Crippen molar-refractivity contribution in [2.75, 3.05) is 6.61 Å². The van der Waals surface area contributed by atoms with Gasteiger partial charge in [-0.1, -0.05) is 42.5 Å². The second-order valence-electron chi connectivity index (χ2n) is 5.13. The molecule has 0 amide bonds. The average Bonchev–Trinajstić information content (AvgIpc) is 2.56. The van der Waals surface area contributed by atoms with Crippen LogP contribution in [0.2, 0.25) is 0 Å². The van der Waals surface area contributed by atoms with Crippen LogP contribution in [0.25, 0.3) is 0 Å². The first-order chi connectivity index (χ1) is 10.4. The number of rotatable bonds is 5. The Bertz CT molecular complexity index is 547. The molecule has 1 unspecified atom stereocenters. The van der Waals surface area contributed by atoms with Crippen LogP contribution in [-0.2, 0) is 11.3 Å². The number of para-hydroxylation sites is 2. The van der Waals surface area contributed by atoms with Gasteiger partial charge in [-0.25, -0.2) is 0 Å². The quantitative estimate of drug-likeness (QED) is 0.824. The molecular weight excluding hydrogens is 264 g/mol. The molecular formula is C18H20O3. The first-order valence-corrected chi connectivity index (χ1v) is 7.46. The van der Waals surface area contributed by atoms with Crippen LogP contribution in [0.15, 0.2) is 54.6 Å². The predicted octanol–water partition coefficient (Wildman–Crippen LogP) is 4.17. The standard InChI is InChI=1S/C18H20O3/c1-2-8-15(9-3-1)14-20-16-10-4-5-11-17(16)21-18-12-6-7-13-19-18/h1-5,8-11,18H,6-7,12-14H2. The summed E-state index contributed by atoms with van der Waals surface area (Å²) in [6.45, 7) is 1.31. The Kier molecular flexibility index (Phi) is 4.74. The first kappa shape index (κ1) is 14.0. The van der Waals surface area contributed by atoms with Gasteiger partial charge in [0.1, 0.15) is 6.61 Å². The number of ether oxygens (including phenoxy) is 3. The Labute approximate surface area is 125 Å². The van der Waals surface area contributed by atoms with Crippen LogP contribution in [0.1, 0.15) is 24.8 Å². The van der Waals surface area contributed by atoms with Gasteiger partial charge >= 0.3 is 0 Å². The summed E-state index contributed by atoms with van der Waals surface area (Å²) in [6, 6.07) is 17.9. The lowest BCUT2D eigenvalue weighted by atomic mass is 10.2. The van der Waals surface area contributed by atoms with Crippen LogP contribution in [0.5, 0.6) is 11.5 Å². The van der Waals surface area contributed by atoms with Crippen LogP contribution >= 0.6 is 0 Å². The van der Waals surface area contributed by atoms with E-state index in [2.05, 4.69) is 0 Å². The minimum Gasteiger partial charge on any atom is -0.485 e. The molecule has 2 aromatic carbocycles. The van der Waals surface area contributed by atoms with Crippen LogP contribution in [0, 0.1) is 0 Å². The van der Waals surface area contributed by atoms with Crippen molar-refractivity contribution in [1.82, 2.24) is 0 Å². The lowest BCUT2D eigenvalue weighted by Gasteiger charge is -2.24. The van der Waals surface area contributed by atoms with Crippen molar-refractivity contribution in [2.24, 2.45) is 0 Å². The maximum Gasteiger partial charge on any atom is 0.200 e. The van der Waals surface area contributed by atoms with Crippen LogP contribution in [0.3, 0.4) is 0 Å². The van der Waals surface area contributed by atoms with Gasteiger partial charge in [0, 0.05) is 6.42 Å². The van der Waals surface area contributed by atoms with Gasteiger partial charge in [-0.3, -0.25) is 0 Å². The summed E-state index contributed by atoms with van der Waals surface area (Å²) in [6.07, 6.45) is 3.05. The fourth-order valence-electron chi connectivity index (χ4n) is 2.35. The predicted molar refractivity (Wildman–Crippen MR) is 81.4 cm³/mol. The molecule has 1 saturated heterocycles. The van der Waals surface area contributed by atoms with E-state index in [9.17, 15) is 0 Å². The molecule has 110 valence electrons. The lowest BCUT2D eigenvalue weighted by molar-refractivity contribution is -0.106. The van der Waals surface area contributed by atoms with E-state index in [-0.39, 0.29) is 6.29 Å². The zero-order valence-corrected chi connectivity index (χ0v) is 12.0. The molecule has 1 atom stereocenters. The van der Waals surface area contributed by atoms with Crippen molar-refractivity contribution in [3.8, 4) is 11.5 Å². The summed E-state index contributed by atoms with van der Waals surface area (Å²) < 4.78 is 17.4. The first-order valence-electron chi connectivity index (χ1n) is 7.46. The Hall–Kier alpha value is -2.00. The topological polar surface area (TPSA) is 27.7 Å². The third-order valence-corrected chi connectivity index (χ3v) is 3.48. The third-order valence-electron chi connectivity index (χ3n) is 3.48. The smallest absolute Gasteiger partial charge is 0.200 e. The van der Waals surface area contributed by atoms with E-state index >= 15 is 0 Å². The maximum absolute atomic E-state index is 5.93. The Balaban J connectivity index is 1.64. The van der Waals surface area contributed by atoms with Crippen LogP contribution in [0.4, 0.5) is 0 Å². The molecule has 0 radical (unpaired) electrons. The van der Waals surface area contributed by atoms with Crippen molar-refractivity contribution in [3.63, 3.8) is 0 Å². The number of benzene rings is 2. The van der Waals surface area contributed by atoms with Gasteiger partial charge in [0.15, 0.2) is 17.8 Å². The van der Waals surface area contributed by atoms with Gasteiger partial charge < -0.3 is 14.2 Å². The van der Waals surface area contributed by atoms with Crippen molar-refractivity contribution < 1.29 is 14.2 Å². The lowest BCUT2D eigenvalue weighted by Crippen LogP contribution is -2.25. The molecule has 0 spiro atoms. The number of hydrogen-bond acceptors (Lipinski definition) is 3. The van der Waals surface area contributed by atoms with Gasteiger partial charge in [-0.05, 0) is 30.5 Å². The highest BCUT2D eigenvalue weighted by atomic mass is 16.7. The van der Waals surface area contributed by atoms with Gasteiger partial charge in [-0.15, -0.1) is 0 Å². The molecule has 1 aliphatic rings. The zero-order valence-electron chi connectivity index (χ0n) is 12.0. The normalized spacial score (nSPS) is 18.2. The Morgan fingerprint density at radius 2 is 1.67 bits per heavy atom. The molecule has 0 aliphatic carbocycles. The largest absolute Gasteiger partial charge is 0.485 e. The molecule has 0 saturated carbocycles. The van der Waals surface area contributed by atoms with E-state index in [0.29, 0.717) is 6.61 Å². The summed E-state index contributed by atoms with van der Waals surface area (Å²) in [5.41, 5.74) is 1.14. The van der Waals surface area contributed by atoms with E-state index in [0.717, 1.165) is 42.9 Å². The van der Waals surface area contributed by atoms with Crippen molar-refractivity contribution in [3.05, 3.63) is 60.2 Å². The fraction of sp³-hybridized carbons (Fsp3) is 0.333. The van der Waals surface area contributed by atoms with Crippen LogP contribution < -0.4 is 9.47 Å². The summed E-state index contributed by atoms with van der Waals surface area (Å²) in [4.78, 5) is 0. The highest BCUT2D eigenvalue weighted by molar-refractivity contribution is 5.39. The molecule has 2 aromatic rings. The summed E-state index contributed by atoms with van der Waals surface area (Å²) in [7, 11) is 0. The molecule has 0 aromatic heterocycles. The molecule has 21 heavy (non-hydrogen) atoms. The molecule has 3 rings (SSSR count). The van der Waals surface area contributed by atoms with E-state index in [1.165, 1.54) is 0 Å². The van der Waals surface area contributed by atoms with Crippen molar-refractivity contribution in [2.45, 2.75) is 32.2 Å². The maximum atomic E-state index is 5.93. The Morgan fingerprint density at radius 1 is 0.905 bits per heavy atom. The second-order valence-corrected chi connectivity index (χ2v) is 5.13. The van der Waals surface area contributed by atoms with Crippen molar-refractivity contribution >= 4 is 0 Å². The van der Waals surface area contributed by atoms with Crippen LogP contribution in [-0.4, -0.2) is 12.9 Å². The molecule has 1 aliphatic heterocycles. The summed E-state index contributed by atoms with van der Waals surface area (Å²) >= 11 is 0. The molecule has 3 nitrogen and oxygen atoms in total. The SMILES string of the molecule is c1ccc(COc2ccccc2OC2CCCCO2)cc1. The average molecular weight is 284 g/mol. The number of hydrogen-bond donors (Lipinski definition) is 0. The van der Waals surface area contributed by atoms with Gasteiger partial charge in [0.2, 0.25) is 0 Å². The monoisotopic (exact) mass is 284 g/mol. The van der Waals surface area contributed by atoms with E-state index in [1.807, 2.05) is 54.6 Å². The summed E-state index contributed by atoms with van der Waals surface area (Å²) in [5, 5.41) is 0. The molecule has 0 N–H and O–H groups in total. The molecule has 1 heterocycles. The highest BCUT2D eigenvalue weighted by Crippen LogP contribution is 2.30. The minimum atomic E-state index is -0.153. The molecule has 3 heteroatoms. The second kappa shape index (κ2) is 7.14. The minimum absolute atomic E-state index is 0.153. The van der Waals surface area contributed by atoms with Gasteiger partial charge in [-0.2, -0.15) is 0 Å². The van der Waals surface area contributed by atoms with Gasteiger partial charge in [0.25, 0.3) is 0 Å². The fourth-order valence-corrected chi connectivity index (χ4v) is 2.35. The third kappa shape index (κ3) is 3.99. The van der Waals surface area contributed by atoms with E-state index in [1.54, 1.807) is 0 Å². The van der Waals surface area contributed by atoms with Crippen molar-refractivity contribution in [1.29, 1.82) is 0 Å². The summed E-state index contributed by atoms with van der Waals surface area (Å²) in [5.74, 6) is 1.51. The zero-order chi connectivity index (χ0) is 14.3. The van der Waals surface area contributed by atoms with E-state index < -0.39 is 0 Å². The molecule has 1 fully saturated rings. The Morgan fingerprint density at radius 3 is 2.43 bits per heavy atom. The van der Waals surface area contributed by atoms with E-state index in [4.69, 9.17) is 14.2 Å². The van der Waals surface area contributed by atoms with Gasteiger partial charge in [0.05, 0.1) is 6.61 Å². The highest BCUT2D eigenvalue weighted by Gasteiger charge is 2.17. The molecule has 0 bridgehead atoms.